The molecule has 0 saturated carbocycles. The van der Waals surface area contributed by atoms with E-state index >= 15 is 0 Å². The molecule has 0 amide bonds. The van der Waals surface area contributed by atoms with Crippen molar-refractivity contribution < 1.29 is 13.2 Å². The number of aromatic nitrogens is 1. The molecule has 0 fully saturated rings. The van der Waals surface area contributed by atoms with Crippen LogP contribution in [0.3, 0.4) is 0 Å². The van der Waals surface area contributed by atoms with Crippen molar-refractivity contribution in [3.63, 3.8) is 0 Å². The van der Waals surface area contributed by atoms with E-state index in [-0.39, 0.29) is 5.56 Å². The third kappa shape index (κ3) is 2.89. The lowest BCUT2D eigenvalue weighted by Crippen LogP contribution is -1.93. The summed E-state index contributed by atoms with van der Waals surface area (Å²) < 4.78 is 43.5. The molecule has 6 rings (SSSR count). The van der Waals surface area contributed by atoms with Crippen LogP contribution >= 0.6 is 11.3 Å². The monoisotopic (exact) mass is 441 g/mol. The van der Waals surface area contributed by atoms with Crippen LogP contribution in [0.1, 0.15) is 0 Å². The molecule has 4 aromatic carbocycles. The van der Waals surface area contributed by atoms with E-state index in [1.165, 1.54) is 6.07 Å². The van der Waals surface area contributed by atoms with Crippen molar-refractivity contribution in [3.8, 4) is 22.4 Å². The van der Waals surface area contributed by atoms with Crippen molar-refractivity contribution in [1.82, 2.24) is 4.98 Å². The summed E-state index contributed by atoms with van der Waals surface area (Å²) in [5.74, 6) is -3.82. The molecule has 0 bridgehead atoms. The number of thiophene rings is 1. The number of hydrogen-bond acceptors (Lipinski definition) is 2. The van der Waals surface area contributed by atoms with Crippen molar-refractivity contribution >= 4 is 42.3 Å². The highest BCUT2D eigenvalue weighted by atomic mass is 32.1. The summed E-state index contributed by atoms with van der Waals surface area (Å²) in [7, 11) is 0. The Morgan fingerprint density at radius 2 is 1.50 bits per heavy atom. The fourth-order valence-corrected chi connectivity index (χ4v) is 5.41. The molecule has 0 saturated heterocycles. The number of fused-ring (bicyclic) bond motifs is 4. The molecule has 32 heavy (non-hydrogen) atoms. The number of rotatable bonds is 2. The van der Waals surface area contributed by atoms with Gasteiger partial charge in [-0.15, -0.1) is 11.3 Å². The fraction of sp³-hybridized carbons (Fsp3) is 0. The van der Waals surface area contributed by atoms with Gasteiger partial charge in [0.1, 0.15) is 0 Å². The van der Waals surface area contributed by atoms with E-state index < -0.39 is 17.5 Å². The topological polar surface area (TPSA) is 12.9 Å². The Bertz CT molecular complexity index is 1670. The number of nitrogens with zero attached hydrogens (tertiary/aromatic N) is 1. The lowest BCUT2D eigenvalue weighted by atomic mass is 10.0. The first-order valence-electron chi connectivity index (χ1n) is 10.0. The second-order valence-electron chi connectivity index (χ2n) is 7.63. The fourth-order valence-electron chi connectivity index (χ4n) is 4.15. The first-order chi connectivity index (χ1) is 15.6. The van der Waals surface area contributed by atoms with Crippen LogP contribution in [0.25, 0.3) is 53.3 Å². The SMILES string of the molecule is Fc1ccc(-c2ccc3c(c2)sc2c(-c4cc5ccccc5cn4)cccc23)c(F)c1F. The van der Waals surface area contributed by atoms with Gasteiger partial charge in [0, 0.05) is 42.9 Å². The molecule has 0 radical (unpaired) electrons. The maximum Gasteiger partial charge on any atom is 0.195 e. The number of benzene rings is 4. The second-order valence-corrected chi connectivity index (χ2v) is 8.69. The lowest BCUT2D eigenvalue weighted by molar-refractivity contribution is 0.449. The maximum absolute atomic E-state index is 14.3. The van der Waals surface area contributed by atoms with E-state index in [4.69, 9.17) is 0 Å². The van der Waals surface area contributed by atoms with Crippen LogP contribution in [0.5, 0.6) is 0 Å². The highest BCUT2D eigenvalue weighted by molar-refractivity contribution is 7.26. The molecular weight excluding hydrogens is 427 g/mol. The molecule has 0 aliphatic heterocycles. The largest absolute Gasteiger partial charge is 0.256 e. The second kappa shape index (κ2) is 7.18. The van der Waals surface area contributed by atoms with Gasteiger partial charge in [-0.05, 0) is 35.2 Å². The van der Waals surface area contributed by atoms with Crippen molar-refractivity contribution in [2.75, 3.05) is 0 Å². The Morgan fingerprint density at radius 3 is 2.38 bits per heavy atom. The standard InChI is InChI=1S/C27H14F3NS/c28-22-11-10-18(25(29)26(22)30)16-8-9-19-20-6-3-7-21(27(20)32-24(19)13-16)23-12-15-4-1-2-5-17(15)14-31-23/h1-14H. The smallest absolute Gasteiger partial charge is 0.195 e. The molecular formula is C27H14F3NS. The van der Waals surface area contributed by atoms with Crippen molar-refractivity contribution in [1.29, 1.82) is 0 Å². The minimum absolute atomic E-state index is 0.0414. The van der Waals surface area contributed by atoms with Gasteiger partial charge < -0.3 is 0 Å². The average Bonchev–Trinajstić information content (AvgIpc) is 3.20. The first kappa shape index (κ1) is 19.0. The third-order valence-corrected chi connectivity index (χ3v) is 6.95. The summed E-state index contributed by atoms with van der Waals surface area (Å²) in [5, 5.41) is 4.30. The zero-order valence-electron chi connectivity index (χ0n) is 16.6. The number of pyridine rings is 1. The van der Waals surface area contributed by atoms with Crippen LogP contribution in [0.4, 0.5) is 13.2 Å². The minimum atomic E-state index is -1.45. The molecule has 154 valence electrons. The van der Waals surface area contributed by atoms with Gasteiger partial charge in [-0.1, -0.05) is 54.6 Å². The lowest BCUT2D eigenvalue weighted by Gasteiger charge is -2.05. The van der Waals surface area contributed by atoms with Gasteiger partial charge in [0.25, 0.3) is 0 Å². The summed E-state index contributed by atoms with van der Waals surface area (Å²) >= 11 is 1.58. The number of halogens is 3. The Balaban J connectivity index is 1.55. The van der Waals surface area contributed by atoms with E-state index in [1.807, 2.05) is 48.7 Å². The van der Waals surface area contributed by atoms with Crippen LogP contribution in [0.15, 0.2) is 85.1 Å². The molecule has 0 aliphatic carbocycles. The van der Waals surface area contributed by atoms with E-state index in [2.05, 4.69) is 23.2 Å². The average molecular weight is 441 g/mol. The summed E-state index contributed by atoms with van der Waals surface area (Å²) in [6.07, 6.45) is 1.88. The molecule has 1 nitrogen and oxygen atoms in total. The minimum Gasteiger partial charge on any atom is -0.256 e. The Morgan fingerprint density at radius 1 is 0.656 bits per heavy atom. The predicted molar refractivity (Wildman–Crippen MR) is 125 cm³/mol. The van der Waals surface area contributed by atoms with E-state index in [1.54, 1.807) is 17.4 Å². The Hall–Kier alpha value is -3.70. The number of hydrogen-bond donors (Lipinski definition) is 0. The van der Waals surface area contributed by atoms with Crippen LogP contribution in [0, 0.1) is 17.5 Å². The third-order valence-electron chi connectivity index (χ3n) is 5.75. The normalized spacial score (nSPS) is 11.6. The predicted octanol–water partition coefficient (Wildman–Crippen LogP) is 8.35. The molecule has 5 heteroatoms. The van der Waals surface area contributed by atoms with Crippen LogP contribution in [0.2, 0.25) is 0 Å². The molecule has 0 aliphatic rings. The van der Waals surface area contributed by atoms with E-state index in [9.17, 15) is 13.2 Å². The van der Waals surface area contributed by atoms with Crippen molar-refractivity contribution in [2.45, 2.75) is 0 Å². The van der Waals surface area contributed by atoms with Crippen LogP contribution in [-0.4, -0.2) is 4.98 Å². The molecule has 2 aromatic heterocycles. The van der Waals surface area contributed by atoms with Gasteiger partial charge in [0.15, 0.2) is 17.5 Å². The Kier molecular flexibility index (Phi) is 4.26. The maximum atomic E-state index is 14.3. The van der Waals surface area contributed by atoms with Gasteiger partial charge in [-0.3, -0.25) is 4.98 Å². The molecule has 0 unspecified atom stereocenters. The van der Waals surface area contributed by atoms with Gasteiger partial charge in [-0.25, -0.2) is 13.2 Å². The van der Waals surface area contributed by atoms with Crippen LogP contribution < -0.4 is 0 Å². The summed E-state index contributed by atoms with van der Waals surface area (Å²) in [4.78, 5) is 4.67. The highest BCUT2D eigenvalue weighted by Gasteiger charge is 2.17. The quantitative estimate of drug-likeness (QED) is 0.246. The molecule has 0 N–H and O–H groups in total. The molecule has 0 atom stereocenters. The van der Waals surface area contributed by atoms with Gasteiger partial charge in [-0.2, -0.15) is 0 Å². The van der Waals surface area contributed by atoms with Gasteiger partial charge in [0.05, 0.1) is 5.69 Å². The van der Waals surface area contributed by atoms with Crippen molar-refractivity contribution in [2.24, 2.45) is 0 Å². The Labute approximate surface area is 185 Å². The first-order valence-corrected chi connectivity index (χ1v) is 10.9. The molecule has 0 spiro atoms. The summed E-state index contributed by atoms with van der Waals surface area (Å²) in [5.41, 5.74) is 2.45. The summed E-state index contributed by atoms with van der Waals surface area (Å²) in [6, 6.07) is 24.0. The van der Waals surface area contributed by atoms with Gasteiger partial charge >= 0.3 is 0 Å². The zero-order valence-corrected chi connectivity index (χ0v) is 17.4. The van der Waals surface area contributed by atoms with E-state index in [0.29, 0.717) is 5.56 Å². The van der Waals surface area contributed by atoms with Gasteiger partial charge in [0.2, 0.25) is 0 Å². The summed E-state index contributed by atoms with van der Waals surface area (Å²) in [6.45, 7) is 0. The molecule has 6 aromatic rings. The molecule has 2 heterocycles. The van der Waals surface area contributed by atoms with Crippen LogP contribution in [-0.2, 0) is 0 Å². The van der Waals surface area contributed by atoms with E-state index in [0.717, 1.165) is 48.3 Å². The highest BCUT2D eigenvalue weighted by Crippen LogP contribution is 2.41. The zero-order chi connectivity index (χ0) is 21.8. The van der Waals surface area contributed by atoms with Crippen molar-refractivity contribution in [3.05, 3.63) is 103 Å².